The molecule has 5 rings (SSSR count). The van der Waals surface area contributed by atoms with Crippen LogP contribution in [0.5, 0.6) is 5.75 Å². The Morgan fingerprint density at radius 3 is 2.72 bits per heavy atom. The smallest absolute Gasteiger partial charge is 0.353 e. The number of carbonyl (C=O) groups is 1. The fourth-order valence-corrected chi connectivity index (χ4v) is 4.65. The number of hydrogen-bond acceptors (Lipinski definition) is 4. The molecule has 4 heteroatoms. The largest absolute Gasteiger partial charge is 0.456 e. The molecule has 0 bridgehead atoms. The lowest BCUT2D eigenvalue weighted by atomic mass is 9.99. The molecule has 0 spiro atoms. The molecule has 0 saturated carbocycles. The summed E-state index contributed by atoms with van der Waals surface area (Å²) in [6.45, 7) is 0. The number of furan rings is 1. The van der Waals surface area contributed by atoms with Gasteiger partial charge in [0.1, 0.15) is 21.8 Å². The molecule has 124 valence electrons. The van der Waals surface area contributed by atoms with Gasteiger partial charge in [-0.1, -0.05) is 18.2 Å². The molecule has 3 nitrogen and oxygen atoms in total. The van der Waals surface area contributed by atoms with Crippen LogP contribution in [0.3, 0.4) is 0 Å². The SMILES string of the molecule is O=C(Oc1ccc2oc3ccccc3c2c1)c1cc2c(s1)CCCC2. The van der Waals surface area contributed by atoms with Gasteiger partial charge in [0.15, 0.2) is 0 Å². The first kappa shape index (κ1) is 14.7. The van der Waals surface area contributed by atoms with Gasteiger partial charge in [-0.2, -0.15) is 0 Å². The molecule has 0 atom stereocenters. The summed E-state index contributed by atoms with van der Waals surface area (Å²) in [7, 11) is 0. The highest BCUT2D eigenvalue weighted by Crippen LogP contribution is 2.33. The molecule has 4 aromatic rings. The van der Waals surface area contributed by atoms with Crippen LogP contribution in [0, 0.1) is 0 Å². The van der Waals surface area contributed by atoms with Crippen LogP contribution in [0.15, 0.2) is 52.9 Å². The van der Waals surface area contributed by atoms with Crippen molar-refractivity contribution in [3.63, 3.8) is 0 Å². The van der Waals surface area contributed by atoms with Gasteiger partial charge in [0, 0.05) is 15.6 Å². The molecule has 0 aliphatic heterocycles. The highest BCUT2D eigenvalue weighted by atomic mass is 32.1. The third-order valence-corrected chi connectivity index (χ3v) is 5.97. The zero-order valence-electron chi connectivity index (χ0n) is 13.6. The van der Waals surface area contributed by atoms with Crippen molar-refractivity contribution in [1.82, 2.24) is 0 Å². The lowest BCUT2D eigenvalue weighted by Gasteiger charge is -2.08. The van der Waals surface area contributed by atoms with E-state index in [0.29, 0.717) is 10.6 Å². The van der Waals surface area contributed by atoms with Crippen molar-refractivity contribution in [3.8, 4) is 5.75 Å². The number of rotatable bonds is 2. The Hall–Kier alpha value is -2.59. The van der Waals surface area contributed by atoms with Crippen molar-refractivity contribution in [2.24, 2.45) is 0 Å². The third kappa shape index (κ3) is 2.53. The fraction of sp³-hybridized carbons (Fsp3) is 0.190. The third-order valence-electron chi connectivity index (χ3n) is 4.76. The minimum Gasteiger partial charge on any atom is -0.456 e. The van der Waals surface area contributed by atoms with Gasteiger partial charge >= 0.3 is 5.97 Å². The van der Waals surface area contributed by atoms with Crippen molar-refractivity contribution < 1.29 is 13.9 Å². The minimum atomic E-state index is -0.272. The molecule has 0 unspecified atom stereocenters. The Labute approximate surface area is 148 Å². The van der Waals surface area contributed by atoms with Gasteiger partial charge in [-0.15, -0.1) is 11.3 Å². The number of thiophene rings is 1. The minimum absolute atomic E-state index is 0.272. The van der Waals surface area contributed by atoms with E-state index in [1.165, 1.54) is 23.3 Å². The molecule has 2 aromatic heterocycles. The first-order valence-electron chi connectivity index (χ1n) is 8.53. The van der Waals surface area contributed by atoms with E-state index in [0.717, 1.165) is 34.8 Å². The number of hydrogen-bond donors (Lipinski definition) is 0. The second-order valence-electron chi connectivity index (χ2n) is 6.41. The van der Waals surface area contributed by atoms with Gasteiger partial charge < -0.3 is 9.15 Å². The van der Waals surface area contributed by atoms with Crippen molar-refractivity contribution in [3.05, 3.63) is 63.8 Å². The molecule has 0 saturated heterocycles. The van der Waals surface area contributed by atoms with Crippen molar-refractivity contribution in [2.75, 3.05) is 0 Å². The number of fused-ring (bicyclic) bond motifs is 4. The molecule has 2 heterocycles. The number of esters is 1. The summed E-state index contributed by atoms with van der Waals surface area (Å²) in [5.41, 5.74) is 2.96. The van der Waals surface area contributed by atoms with Crippen molar-refractivity contribution in [1.29, 1.82) is 0 Å². The van der Waals surface area contributed by atoms with Gasteiger partial charge in [0.25, 0.3) is 0 Å². The van der Waals surface area contributed by atoms with Crippen molar-refractivity contribution in [2.45, 2.75) is 25.7 Å². The Kier molecular flexibility index (Phi) is 3.38. The summed E-state index contributed by atoms with van der Waals surface area (Å²) in [6, 6.07) is 15.4. The highest BCUT2D eigenvalue weighted by Gasteiger charge is 2.19. The summed E-state index contributed by atoms with van der Waals surface area (Å²) in [5.74, 6) is 0.280. The molecule has 2 aromatic carbocycles. The number of carbonyl (C=O) groups excluding carboxylic acids is 1. The Balaban J connectivity index is 1.47. The molecule has 0 amide bonds. The first-order valence-corrected chi connectivity index (χ1v) is 9.35. The number of benzene rings is 2. The molecule has 0 radical (unpaired) electrons. The average Bonchev–Trinajstić information content (AvgIpc) is 3.23. The summed E-state index contributed by atoms with van der Waals surface area (Å²) < 4.78 is 11.4. The van der Waals surface area contributed by atoms with Crippen LogP contribution >= 0.6 is 11.3 Å². The van der Waals surface area contributed by atoms with Gasteiger partial charge in [-0.25, -0.2) is 4.79 Å². The van der Waals surface area contributed by atoms with Gasteiger partial charge in [-0.3, -0.25) is 0 Å². The number of aryl methyl sites for hydroxylation is 2. The maximum absolute atomic E-state index is 12.5. The second-order valence-corrected chi connectivity index (χ2v) is 7.55. The van der Waals surface area contributed by atoms with Crippen LogP contribution < -0.4 is 4.74 Å². The summed E-state index contributed by atoms with van der Waals surface area (Å²) >= 11 is 1.58. The molecular formula is C21H16O3S. The van der Waals surface area contributed by atoms with E-state index in [2.05, 4.69) is 0 Å². The molecular weight excluding hydrogens is 332 g/mol. The predicted molar refractivity (Wildman–Crippen MR) is 99.6 cm³/mol. The fourth-order valence-electron chi connectivity index (χ4n) is 3.52. The van der Waals surface area contributed by atoms with Gasteiger partial charge in [0.2, 0.25) is 0 Å². The van der Waals surface area contributed by atoms with E-state index in [-0.39, 0.29) is 5.97 Å². The molecule has 1 aliphatic carbocycles. The van der Waals surface area contributed by atoms with Crippen LogP contribution in [0.4, 0.5) is 0 Å². The zero-order chi connectivity index (χ0) is 16.8. The topological polar surface area (TPSA) is 39.4 Å². The van der Waals surface area contributed by atoms with E-state index in [1.54, 1.807) is 17.4 Å². The average molecular weight is 348 g/mol. The van der Waals surface area contributed by atoms with Crippen LogP contribution in [-0.4, -0.2) is 5.97 Å². The maximum Gasteiger partial charge on any atom is 0.353 e. The standard InChI is InChI=1S/C21H16O3S/c22-21(20-11-13-5-1-4-8-19(13)25-20)23-14-9-10-18-16(12-14)15-6-2-3-7-17(15)24-18/h2-3,6-7,9-12H,1,4-5,8H2. The number of ether oxygens (including phenoxy) is 1. The predicted octanol–water partition coefficient (Wildman–Crippen LogP) is 5.75. The van der Waals surface area contributed by atoms with Gasteiger partial charge in [0.05, 0.1) is 0 Å². The van der Waals surface area contributed by atoms with Crippen LogP contribution in [0.1, 0.15) is 33.0 Å². The van der Waals surface area contributed by atoms with E-state index in [4.69, 9.17) is 9.15 Å². The van der Waals surface area contributed by atoms with Crippen molar-refractivity contribution >= 4 is 39.2 Å². The first-order chi connectivity index (χ1) is 12.3. The van der Waals surface area contributed by atoms with Crippen LogP contribution in [0.25, 0.3) is 21.9 Å². The van der Waals surface area contributed by atoms with E-state index < -0.39 is 0 Å². The van der Waals surface area contributed by atoms with E-state index in [1.807, 2.05) is 42.5 Å². The lowest BCUT2D eigenvalue weighted by molar-refractivity contribution is 0.0740. The lowest BCUT2D eigenvalue weighted by Crippen LogP contribution is -2.06. The monoisotopic (exact) mass is 348 g/mol. The normalized spacial score (nSPS) is 13.9. The molecule has 0 N–H and O–H groups in total. The second kappa shape index (κ2) is 5.74. The van der Waals surface area contributed by atoms with E-state index >= 15 is 0 Å². The van der Waals surface area contributed by atoms with E-state index in [9.17, 15) is 4.79 Å². The Morgan fingerprint density at radius 1 is 0.960 bits per heavy atom. The molecule has 1 aliphatic rings. The van der Waals surface area contributed by atoms with Crippen LogP contribution in [0.2, 0.25) is 0 Å². The Morgan fingerprint density at radius 2 is 1.80 bits per heavy atom. The van der Waals surface area contributed by atoms with Crippen LogP contribution in [-0.2, 0) is 12.8 Å². The molecule has 0 fully saturated rings. The van der Waals surface area contributed by atoms with Gasteiger partial charge in [-0.05, 0) is 61.6 Å². The maximum atomic E-state index is 12.5. The molecule has 25 heavy (non-hydrogen) atoms. The summed E-state index contributed by atoms with van der Waals surface area (Å²) in [6.07, 6.45) is 4.58. The summed E-state index contributed by atoms with van der Waals surface area (Å²) in [4.78, 5) is 14.6. The quantitative estimate of drug-likeness (QED) is 0.342. The number of para-hydroxylation sites is 1. The zero-order valence-corrected chi connectivity index (χ0v) is 14.4. The highest BCUT2D eigenvalue weighted by molar-refractivity contribution is 7.14. The Bertz CT molecular complexity index is 1080. The summed E-state index contributed by atoms with van der Waals surface area (Å²) in [5, 5.41) is 1.99.